The summed E-state index contributed by atoms with van der Waals surface area (Å²) in [5.74, 6) is -0.811. The summed E-state index contributed by atoms with van der Waals surface area (Å²) >= 11 is 0. The number of rotatable bonds is 4. The minimum Gasteiger partial charge on any atom is -0.472 e. The summed E-state index contributed by atoms with van der Waals surface area (Å²) in [6.45, 7) is -0.135. The highest BCUT2D eigenvalue weighted by atomic mass is 19.4. The summed E-state index contributed by atoms with van der Waals surface area (Å²) in [6.07, 6.45) is -6.81. The number of ketones is 1. The van der Waals surface area contributed by atoms with E-state index in [2.05, 4.69) is 24.8 Å². The average Bonchev–Trinajstić information content (AvgIpc) is 3.29. The van der Waals surface area contributed by atoms with Crippen molar-refractivity contribution in [3.63, 3.8) is 0 Å². The van der Waals surface area contributed by atoms with Crippen LogP contribution in [0.25, 0.3) is 5.69 Å². The van der Waals surface area contributed by atoms with Crippen LogP contribution in [-0.4, -0.2) is 32.1 Å². The smallest absolute Gasteiger partial charge is 0.472 e. The summed E-state index contributed by atoms with van der Waals surface area (Å²) in [5.41, 5.74) is -0.887. The molecule has 172 valence electrons. The summed E-state index contributed by atoms with van der Waals surface area (Å²) < 4.78 is 81.8. The first kappa shape index (κ1) is 21.1. The second-order valence-corrected chi connectivity index (χ2v) is 7.35. The predicted octanol–water partition coefficient (Wildman–Crippen LogP) is 4.10. The Hall–Kier alpha value is -3.77. The molecular weight excluding hydrogens is 455 g/mol. The first-order chi connectivity index (χ1) is 15.6. The van der Waals surface area contributed by atoms with Gasteiger partial charge in [0.1, 0.15) is 12.3 Å². The minimum absolute atomic E-state index is 0.0623. The van der Waals surface area contributed by atoms with Crippen molar-refractivity contribution in [3.8, 4) is 23.1 Å². The molecule has 2 aromatic heterocycles. The molecule has 33 heavy (non-hydrogen) atoms. The standard InChI is InChI=1S/C20H13F5N4O4/c21-19(22,23)18-12-2-1-3-13(30)17(12)29(28-18)11-7-16(27-26-8-11)31-9-10-4-5-14-15(6-10)33-20(24,25)32-14/h4-8H,1-3,9H2. The van der Waals surface area contributed by atoms with E-state index in [9.17, 15) is 26.7 Å². The van der Waals surface area contributed by atoms with Crippen molar-refractivity contribution in [2.75, 3.05) is 0 Å². The molecule has 1 aromatic carbocycles. The summed E-state index contributed by atoms with van der Waals surface area (Å²) in [5, 5.41) is 11.1. The van der Waals surface area contributed by atoms with Crippen LogP contribution >= 0.6 is 0 Å². The first-order valence-electron chi connectivity index (χ1n) is 9.68. The Balaban J connectivity index is 1.41. The Kier molecular flexibility index (Phi) is 4.72. The normalized spacial score (nSPS) is 16.6. The highest BCUT2D eigenvalue weighted by molar-refractivity contribution is 5.97. The van der Waals surface area contributed by atoms with Gasteiger partial charge in [-0.05, 0) is 30.5 Å². The first-order valence-corrected chi connectivity index (χ1v) is 9.68. The zero-order valence-corrected chi connectivity index (χ0v) is 16.5. The number of Topliss-reactive ketones (excluding diaryl/α,β-unsaturated/α-hetero) is 1. The largest absolute Gasteiger partial charge is 0.586 e. The minimum atomic E-state index is -4.72. The number of halogens is 5. The van der Waals surface area contributed by atoms with Crippen LogP contribution in [0.5, 0.6) is 17.4 Å². The molecule has 0 radical (unpaired) electrons. The molecular formula is C20H13F5N4O4. The van der Waals surface area contributed by atoms with E-state index in [0.717, 1.165) is 10.9 Å². The molecule has 0 saturated heterocycles. The van der Waals surface area contributed by atoms with Crippen molar-refractivity contribution in [1.82, 2.24) is 20.0 Å². The quantitative estimate of drug-likeness (QED) is 0.533. The summed E-state index contributed by atoms with van der Waals surface area (Å²) in [7, 11) is 0. The zero-order valence-electron chi connectivity index (χ0n) is 16.5. The number of ether oxygens (including phenoxy) is 3. The molecule has 0 unspecified atom stereocenters. The molecule has 0 saturated carbocycles. The van der Waals surface area contributed by atoms with Gasteiger partial charge in [0.25, 0.3) is 0 Å². The number of hydrogen-bond donors (Lipinski definition) is 0. The Morgan fingerprint density at radius 2 is 1.91 bits per heavy atom. The Morgan fingerprint density at radius 3 is 2.70 bits per heavy atom. The number of nitrogens with zero attached hydrogens (tertiary/aromatic N) is 4. The lowest BCUT2D eigenvalue weighted by atomic mass is 9.94. The molecule has 3 aromatic rings. The maximum Gasteiger partial charge on any atom is 0.586 e. The fourth-order valence-corrected chi connectivity index (χ4v) is 3.70. The molecule has 5 rings (SSSR count). The molecule has 0 spiro atoms. The maximum absolute atomic E-state index is 13.5. The number of benzene rings is 1. The monoisotopic (exact) mass is 468 g/mol. The second-order valence-electron chi connectivity index (χ2n) is 7.35. The van der Waals surface area contributed by atoms with Crippen molar-refractivity contribution in [1.29, 1.82) is 0 Å². The van der Waals surface area contributed by atoms with E-state index in [4.69, 9.17) is 4.74 Å². The van der Waals surface area contributed by atoms with Crippen LogP contribution in [0.15, 0.2) is 30.5 Å². The van der Waals surface area contributed by atoms with Crippen molar-refractivity contribution < 1.29 is 41.0 Å². The van der Waals surface area contributed by atoms with Crippen molar-refractivity contribution in [2.45, 2.75) is 38.3 Å². The second kappa shape index (κ2) is 7.39. The Bertz CT molecular complexity index is 1260. The third-order valence-electron chi connectivity index (χ3n) is 5.06. The lowest BCUT2D eigenvalue weighted by molar-refractivity contribution is -0.286. The lowest BCUT2D eigenvalue weighted by Crippen LogP contribution is -2.25. The molecule has 0 bridgehead atoms. The van der Waals surface area contributed by atoms with Gasteiger partial charge in [-0.1, -0.05) is 6.07 Å². The molecule has 13 heteroatoms. The summed E-state index contributed by atoms with van der Waals surface area (Å²) in [4.78, 5) is 12.4. The van der Waals surface area contributed by atoms with Gasteiger partial charge >= 0.3 is 12.5 Å². The third kappa shape index (κ3) is 3.94. The Labute approximate surface area is 181 Å². The molecule has 0 fully saturated rings. The molecule has 3 heterocycles. The fourth-order valence-electron chi connectivity index (χ4n) is 3.70. The topological polar surface area (TPSA) is 88.4 Å². The van der Waals surface area contributed by atoms with Gasteiger partial charge in [0.15, 0.2) is 23.0 Å². The van der Waals surface area contributed by atoms with Gasteiger partial charge in [0.2, 0.25) is 5.88 Å². The van der Waals surface area contributed by atoms with Gasteiger partial charge in [-0.3, -0.25) is 4.79 Å². The number of carbonyl (C=O) groups is 1. The van der Waals surface area contributed by atoms with Gasteiger partial charge in [-0.25, -0.2) is 4.68 Å². The summed E-state index contributed by atoms with van der Waals surface area (Å²) in [6, 6.07) is 5.34. The third-order valence-corrected chi connectivity index (χ3v) is 5.06. The lowest BCUT2D eigenvalue weighted by Gasteiger charge is -2.14. The molecule has 0 amide bonds. The predicted molar refractivity (Wildman–Crippen MR) is 98.4 cm³/mol. The van der Waals surface area contributed by atoms with E-state index in [1.807, 2.05) is 0 Å². The van der Waals surface area contributed by atoms with Crippen molar-refractivity contribution >= 4 is 5.78 Å². The number of fused-ring (bicyclic) bond motifs is 2. The van der Waals surface area contributed by atoms with Crippen LogP contribution in [0.2, 0.25) is 0 Å². The van der Waals surface area contributed by atoms with E-state index in [1.54, 1.807) is 0 Å². The van der Waals surface area contributed by atoms with Crippen LogP contribution in [0.1, 0.15) is 40.2 Å². The van der Waals surface area contributed by atoms with Gasteiger partial charge in [-0.15, -0.1) is 13.9 Å². The zero-order chi connectivity index (χ0) is 23.4. The number of hydrogen-bond acceptors (Lipinski definition) is 7. The van der Waals surface area contributed by atoms with Gasteiger partial charge in [0.05, 0.1) is 11.9 Å². The van der Waals surface area contributed by atoms with Crippen LogP contribution in [0, 0.1) is 0 Å². The van der Waals surface area contributed by atoms with Crippen LogP contribution in [-0.2, 0) is 19.2 Å². The van der Waals surface area contributed by atoms with E-state index < -0.39 is 23.9 Å². The van der Waals surface area contributed by atoms with Crippen LogP contribution in [0.3, 0.4) is 0 Å². The van der Waals surface area contributed by atoms with E-state index >= 15 is 0 Å². The van der Waals surface area contributed by atoms with Gasteiger partial charge < -0.3 is 14.2 Å². The molecule has 0 atom stereocenters. The highest BCUT2D eigenvalue weighted by Crippen LogP contribution is 2.41. The highest BCUT2D eigenvalue weighted by Gasteiger charge is 2.43. The van der Waals surface area contributed by atoms with E-state index in [0.29, 0.717) is 12.0 Å². The molecule has 8 nitrogen and oxygen atoms in total. The van der Waals surface area contributed by atoms with Crippen molar-refractivity contribution in [3.05, 3.63) is 53.0 Å². The number of carbonyl (C=O) groups excluding carboxylic acids is 1. The number of aromatic nitrogens is 4. The Morgan fingerprint density at radius 1 is 1.12 bits per heavy atom. The molecule has 0 N–H and O–H groups in total. The van der Waals surface area contributed by atoms with Gasteiger partial charge in [0, 0.05) is 18.1 Å². The van der Waals surface area contributed by atoms with E-state index in [-0.39, 0.29) is 53.8 Å². The van der Waals surface area contributed by atoms with Crippen molar-refractivity contribution in [2.24, 2.45) is 0 Å². The number of alkyl halides is 5. The average molecular weight is 468 g/mol. The molecule has 1 aliphatic heterocycles. The van der Waals surface area contributed by atoms with Crippen LogP contribution in [0.4, 0.5) is 22.0 Å². The van der Waals surface area contributed by atoms with Crippen LogP contribution < -0.4 is 14.2 Å². The SMILES string of the molecule is O=C1CCCc2c(C(F)(F)F)nn(-c3cnnc(OCc4ccc5c(c4)OC(F)(F)O5)c3)c21. The maximum atomic E-state index is 13.5. The molecule has 1 aliphatic carbocycles. The van der Waals surface area contributed by atoms with Gasteiger partial charge in [-0.2, -0.15) is 23.4 Å². The fraction of sp³-hybridized carbons (Fsp3) is 0.300. The van der Waals surface area contributed by atoms with E-state index in [1.165, 1.54) is 24.3 Å². The molecule has 2 aliphatic rings.